The van der Waals surface area contributed by atoms with E-state index in [2.05, 4.69) is 83.6 Å². The SMILES string of the molecule is CCC1=C(CC)c2nc1cc1[nH]c(cc3[nH]c(cc4nc(c2/C=C/C(=O)O)C(CC)=C4CC)c(CC)c3CC)c(CC)c1CC. The van der Waals surface area contributed by atoms with E-state index in [4.69, 9.17) is 9.97 Å². The first-order valence-electron chi connectivity index (χ1n) is 17.0. The van der Waals surface area contributed by atoms with Crippen LogP contribution in [0.25, 0.3) is 50.4 Å². The lowest BCUT2D eigenvalue weighted by Gasteiger charge is -2.09. The molecule has 8 bridgehead atoms. The quantitative estimate of drug-likeness (QED) is 0.201. The summed E-state index contributed by atoms with van der Waals surface area (Å²) in [6, 6.07) is 6.74. The van der Waals surface area contributed by atoms with Crippen molar-refractivity contribution in [3.05, 3.63) is 74.9 Å². The highest BCUT2D eigenvalue weighted by Gasteiger charge is 2.26. The van der Waals surface area contributed by atoms with Crippen LogP contribution in [0.15, 0.2) is 24.3 Å². The average Bonchev–Trinajstić information content (AvgIpc) is 3.76. The summed E-state index contributed by atoms with van der Waals surface area (Å²) in [7, 11) is 0. The Morgan fingerprint density at radius 1 is 0.578 bits per heavy atom. The second-order valence-corrected chi connectivity index (χ2v) is 11.8. The zero-order chi connectivity index (χ0) is 32.4. The molecule has 0 saturated heterocycles. The Balaban J connectivity index is 2.12. The highest BCUT2D eigenvalue weighted by Crippen LogP contribution is 2.42. The molecule has 0 radical (unpaired) electrons. The van der Waals surface area contributed by atoms with Crippen molar-refractivity contribution in [1.29, 1.82) is 0 Å². The fraction of sp³-hybridized carbons (Fsp3) is 0.410. The zero-order valence-electron chi connectivity index (χ0n) is 28.3. The summed E-state index contributed by atoms with van der Waals surface area (Å²) in [4.78, 5) is 30.1. The number of rotatable bonds is 10. The van der Waals surface area contributed by atoms with Crippen LogP contribution in [0.1, 0.15) is 132 Å². The van der Waals surface area contributed by atoms with E-state index in [0.29, 0.717) is 0 Å². The van der Waals surface area contributed by atoms with Crippen LogP contribution in [0, 0.1) is 0 Å². The van der Waals surface area contributed by atoms with Crippen LogP contribution in [0.2, 0.25) is 0 Å². The normalized spacial score (nSPS) is 13.5. The molecule has 3 aromatic heterocycles. The molecule has 3 N–H and O–H groups in total. The molecule has 2 aliphatic rings. The van der Waals surface area contributed by atoms with Crippen molar-refractivity contribution >= 4 is 56.4 Å². The molecule has 0 atom stereocenters. The Hall–Kier alpha value is -4.19. The second kappa shape index (κ2) is 13.4. The Kier molecular flexibility index (Phi) is 9.62. The summed E-state index contributed by atoms with van der Waals surface area (Å²) in [5, 5.41) is 9.74. The second-order valence-electron chi connectivity index (χ2n) is 11.8. The molecule has 0 spiro atoms. The molecule has 3 aromatic rings. The number of hydrogen-bond acceptors (Lipinski definition) is 3. The minimum absolute atomic E-state index is 0.782. The number of aromatic amines is 2. The number of nitrogens with one attached hydrogen (secondary N) is 2. The molecule has 45 heavy (non-hydrogen) atoms. The van der Waals surface area contributed by atoms with Crippen LogP contribution in [-0.4, -0.2) is 31.0 Å². The zero-order valence-corrected chi connectivity index (χ0v) is 28.3. The number of nitrogens with zero attached hydrogens (tertiary/aromatic N) is 2. The van der Waals surface area contributed by atoms with Crippen LogP contribution in [0.5, 0.6) is 0 Å². The minimum atomic E-state index is -0.984. The number of carboxylic acids is 1. The number of aliphatic carboxylic acids is 1. The smallest absolute Gasteiger partial charge is 0.328 e. The van der Waals surface area contributed by atoms with Gasteiger partial charge in [0, 0.05) is 33.7 Å². The Morgan fingerprint density at radius 2 is 0.933 bits per heavy atom. The third kappa shape index (κ3) is 5.60. The van der Waals surface area contributed by atoms with Crippen molar-refractivity contribution in [3.8, 4) is 0 Å². The van der Waals surface area contributed by atoms with Crippen LogP contribution < -0.4 is 0 Å². The first kappa shape index (κ1) is 32.2. The number of aromatic nitrogens is 4. The number of hydrogen-bond donors (Lipinski definition) is 3. The molecular weight excluding hydrogens is 556 g/mol. The van der Waals surface area contributed by atoms with E-state index in [1.165, 1.54) is 39.5 Å². The topological polar surface area (TPSA) is 94.7 Å². The van der Waals surface area contributed by atoms with Crippen molar-refractivity contribution in [3.63, 3.8) is 0 Å². The van der Waals surface area contributed by atoms with Gasteiger partial charge in [0.05, 0.1) is 22.8 Å². The van der Waals surface area contributed by atoms with Crippen molar-refractivity contribution in [2.75, 3.05) is 0 Å². The number of carboxylic acid groups (broad SMARTS) is 1. The third-order valence-corrected chi connectivity index (χ3v) is 9.53. The number of carbonyl (C=O) groups is 1. The molecule has 236 valence electrons. The number of H-pyrrole nitrogens is 2. The van der Waals surface area contributed by atoms with E-state index in [1.807, 2.05) is 0 Å². The number of fused-ring (bicyclic) bond motifs is 8. The van der Waals surface area contributed by atoms with E-state index in [9.17, 15) is 9.90 Å². The highest BCUT2D eigenvalue weighted by atomic mass is 16.4. The van der Waals surface area contributed by atoms with Gasteiger partial charge >= 0.3 is 5.97 Å². The van der Waals surface area contributed by atoms with Gasteiger partial charge in [0.2, 0.25) is 0 Å². The van der Waals surface area contributed by atoms with Crippen LogP contribution in [0.4, 0.5) is 0 Å². The monoisotopic (exact) mass is 604 g/mol. The summed E-state index contributed by atoms with van der Waals surface area (Å²) < 4.78 is 0. The maximum atomic E-state index is 11.9. The van der Waals surface area contributed by atoms with E-state index >= 15 is 0 Å². The summed E-state index contributed by atoms with van der Waals surface area (Å²) in [6.07, 6.45) is 9.89. The van der Waals surface area contributed by atoms with Gasteiger partial charge in [0.15, 0.2) is 0 Å². The maximum absolute atomic E-state index is 11.9. The van der Waals surface area contributed by atoms with Gasteiger partial charge in [-0.25, -0.2) is 14.8 Å². The van der Waals surface area contributed by atoms with Gasteiger partial charge in [0.25, 0.3) is 0 Å². The van der Waals surface area contributed by atoms with E-state index in [1.54, 1.807) is 6.08 Å². The largest absolute Gasteiger partial charge is 0.478 e. The lowest BCUT2D eigenvalue weighted by atomic mass is 9.93. The molecule has 0 aromatic carbocycles. The van der Waals surface area contributed by atoms with Gasteiger partial charge < -0.3 is 15.1 Å². The predicted octanol–water partition coefficient (Wildman–Crippen LogP) is 10.1. The summed E-state index contributed by atoms with van der Waals surface area (Å²) in [6.45, 7) is 17.6. The van der Waals surface area contributed by atoms with Crippen LogP contribution in [-0.2, 0) is 30.5 Å². The van der Waals surface area contributed by atoms with Gasteiger partial charge in [-0.15, -0.1) is 0 Å². The molecule has 0 saturated carbocycles. The van der Waals surface area contributed by atoms with Gasteiger partial charge in [-0.1, -0.05) is 55.4 Å². The van der Waals surface area contributed by atoms with Gasteiger partial charge in [-0.05, 0) is 120 Å². The molecule has 6 nitrogen and oxygen atoms in total. The Bertz CT molecular complexity index is 1790. The van der Waals surface area contributed by atoms with Crippen molar-refractivity contribution in [2.24, 2.45) is 0 Å². The standard InChI is InChI=1S/C39H48N4O2/c1-9-22-24(11-3)33-20-35-26(13-5)28(15-7)38(42-35)30(17-18-37(44)45)39-29(16-8)27(14-6)36(43-39)21-34-25(12-4)23(10-2)32(41-34)19-31(22)40-33/h17-21,40-41H,9-16H2,1-8H3,(H,44,45)/b18-17+,31-19?,32-19?,33-20?,34-21?,35-20?,36-21?,38-30?,39-30?. The van der Waals surface area contributed by atoms with Gasteiger partial charge in [-0.3, -0.25) is 0 Å². The lowest BCUT2D eigenvalue weighted by molar-refractivity contribution is -0.131. The van der Waals surface area contributed by atoms with Crippen molar-refractivity contribution < 1.29 is 9.90 Å². The molecule has 5 heterocycles. The molecule has 5 rings (SSSR count). The fourth-order valence-corrected chi connectivity index (χ4v) is 7.53. The first-order chi connectivity index (χ1) is 21.8. The predicted molar refractivity (Wildman–Crippen MR) is 190 cm³/mol. The van der Waals surface area contributed by atoms with Crippen molar-refractivity contribution in [1.82, 2.24) is 19.9 Å². The average molecular weight is 605 g/mol. The number of aryl methyl sites for hydroxylation is 4. The van der Waals surface area contributed by atoms with E-state index in [0.717, 1.165) is 113 Å². The summed E-state index contributed by atoms with van der Waals surface area (Å²) >= 11 is 0. The Morgan fingerprint density at radius 3 is 1.24 bits per heavy atom. The minimum Gasteiger partial charge on any atom is -0.478 e. The Labute approximate surface area is 267 Å². The summed E-state index contributed by atoms with van der Waals surface area (Å²) in [5.74, 6) is -0.984. The molecule has 6 heteroatoms. The van der Waals surface area contributed by atoms with E-state index in [-0.39, 0.29) is 0 Å². The van der Waals surface area contributed by atoms with Gasteiger partial charge in [-0.2, -0.15) is 0 Å². The van der Waals surface area contributed by atoms with Crippen LogP contribution in [0.3, 0.4) is 0 Å². The third-order valence-electron chi connectivity index (χ3n) is 9.53. The highest BCUT2D eigenvalue weighted by molar-refractivity contribution is 6.01. The van der Waals surface area contributed by atoms with Crippen molar-refractivity contribution in [2.45, 2.75) is 107 Å². The summed E-state index contributed by atoms with van der Waals surface area (Å²) in [5.41, 5.74) is 18.9. The molecule has 0 fully saturated rings. The molecule has 0 unspecified atom stereocenters. The van der Waals surface area contributed by atoms with Gasteiger partial charge in [0.1, 0.15) is 0 Å². The first-order valence-corrected chi connectivity index (χ1v) is 17.0. The lowest BCUT2D eigenvalue weighted by Crippen LogP contribution is -1.95. The molecule has 0 amide bonds. The molecule has 2 aliphatic heterocycles. The fourth-order valence-electron chi connectivity index (χ4n) is 7.53. The molecule has 0 aliphatic carbocycles. The van der Waals surface area contributed by atoms with Crippen LogP contribution >= 0.6 is 0 Å². The number of allylic oxidation sites excluding steroid dienone is 4. The van der Waals surface area contributed by atoms with E-state index < -0.39 is 5.97 Å². The maximum Gasteiger partial charge on any atom is 0.328 e. The molecular formula is C39H48N4O2.